The Morgan fingerprint density at radius 1 is 1.11 bits per heavy atom. The van der Waals surface area contributed by atoms with Crippen LogP contribution in [0.3, 0.4) is 0 Å². The highest BCUT2D eigenvalue weighted by molar-refractivity contribution is 5.67. The fraction of sp³-hybridized carbons (Fsp3) is 0.833. The standard InChI is InChI=1S/C24H41NO3/c1-19(2)9-6-10-20(3)11-7-12-21(4)13-8-15-24(18-25)16-14-23(17-27-24)28-22(5)26/h17,19-21H,6-16H2,1-5H3. The first-order valence-corrected chi connectivity index (χ1v) is 11.2. The van der Waals surface area contributed by atoms with E-state index in [1.54, 1.807) is 0 Å². The number of allylic oxidation sites excluding steroid dienone is 1. The van der Waals surface area contributed by atoms with E-state index >= 15 is 0 Å². The third kappa shape index (κ3) is 10.2. The van der Waals surface area contributed by atoms with E-state index in [2.05, 4.69) is 33.8 Å². The van der Waals surface area contributed by atoms with Gasteiger partial charge in [0.05, 0.1) is 0 Å². The molecule has 0 fully saturated rings. The van der Waals surface area contributed by atoms with Crippen LogP contribution in [-0.2, 0) is 14.3 Å². The number of esters is 1. The number of ether oxygens (including phenoxy) is 2. The first-order valence-electron chi connectivity index (χ1n) is 11.2. The van der Waals surface area contributed by atoms with Gasteiger partial charge >= 0.3 is 5.97 Å². The lowest BCUT2D eigenvalue weighted by atomic mass is 9.87. The maximum atomic E-state index is 11.0. The van der Waals surface area contributed by atoms with Gasteiger partial charge in [-0.05, 0) is 24.2 Å². The number of carbonyl (C=O) groups excluding carboxylic acids is 1. The summed E-state index contributed by atoms with van der Waals surface area (Å²) in [6.07, 6.45) is 13.5. The Bertz CT molecular complexity index is 534. The molecule has 0 saturated heterocycles. The Labute approximate surface area is 172 Å². The van der Waals surface area contributed by atoms with Crippen LogP contribution >= 0.6 is 0 Å². The molecule has 0 aromatic carbocycles. The summed E-state index contributed by atoms with van der Waals surface area (Å²) in [5.74, 6) is 2.52. The first kappa shape index (κ1) is 24.5. The molecule has 0 N–H and O–H groups in total. The van der Waals surface area contributed by atoms with Crippen LogP contribution in [0.15, 0.2) is 12.0 Å². The highest BCUT2D eigenvalue weighted by Gasteiger charge is 2.34. The average molecular weight is 392 g/mol. The fourth-order valence-corrected chi connectivity index (χ4v) is 3.92. The summed E-state index contributed by atoms with van der Waals surface area (Å²) in [5.41, 5.74) is -0.756. The molecule has 0 aliphatic carbocycles. The Balaban J connectivity index is 2.21. The van der Waals surface area contributed by atoms with Crippen LogP contribution in [0.25, 0.3) is 0 Å². The van der Waals surface area contributed by atoms with Crippen LogP contribution in [0, 0.1) is 29.1 Å². The number of nitriles is 1. The monoisotopic (exact) mass is 391 g/mol. The van der Waals surface area contributed by atoms with Crippen LogP contribution in [0.1, 0.15) is 105 Å². The molecule has 160 valence electrons. The molecule has 0 amide bonds. The van der Waals surface area contributed by atoms with E-state index in [9.17, 15) is 10.1 Å². The van der Waals surface area contributed by atoms with Crippen molar-refractivity contribution in [2.75, 3.05) is 0 Å². The van der Waals surface area contributed by atoms with Gasteiger partial charge in [-0.3, -0.25) is 4.79 Å². The largest absolute Gasteiger partial charge is 0.476 e. The van der Waals surface area contributed by atoms with Crippen molar-refractivity contribution in [3.8, 4) is 6.07 Å². The summed E-state index contributed by atoms with van der Waals surface area (Å²) in [7, 11) is 0. The Kier molecular flexibility index (Phi) is 11.3. The second kappa shape index (κ2) is 12.9. The Morgan fingerprint density at radius 3 is 2.14 bits per heavy atom. The molecular formula is C24H41NO3. The Morgan fingerprint density at radius 2 is 1.68 bits per heavy atom. The maximum Gasteiger partial charge on any atom is 0.307 e. The third-order valence-electron chi connectivity index (χ3n) is 5.82. The van der Waals surface area contributed by atoms with E-state index in [4.69, 9.17) is 9.47 Å². The predicted molar refractivity (Wildman–Crippen MR) is 113 cm³/mol. The van der Waals surface area contributed by atoms with E-state index in [-0.39, 0.29) is 5.97 Å². The molecule has 1 aliphatic rings. The van der Waals surface area contributed by atoms with E-state index in [1.807, 2.05) is 0 Å². The fourth-order valence-electron chi connectivity index (χ4n) is 3.92. The summed E-state index contributed by atoms with van der Waals surface area (Å²) in [4.78, 5) is 11.0. The van der Waals surface area contributed by atoms with E-state index < -0.39 is 5.60 Å². The number of hydrogen-bond donors (Lipinski definition) is 0. The number of nitrogens with zero attached hydrogens (tertiary/aromatic N) is 1. The van der Waals surface area contributed by atoms with Crippen LogP contribution in [0.2, 0.25) is 0 Å². The molecule has 3 unspecified atom stereocenters. The van der Waals surface area contributed by atoms with Crippen molar-refractivity contribution in [2.24, 2.45) is 17.8 Å². The minimum absolute atomic E-state index is 0.345. The average Bonchev–Trinajstić information content (AvgIpc) is 2.62. The van der Waals surface area contributed by atoms with Crippen LogP contribution in [0.4, 0.5) is 0 Å². The van der Waals surface area contributed by atoms with Gasteiger partial charge in [0.1, 0.15) is 18.1 Å². The van der Waals surface area contributed by atoms with Gasteiger partial charge in [0.25, 0.3) is 0 Å². The summed E-state index contributed by atoms with van der Waals surface area (Å²) in [5, 5.41) is 9.57. The zero-order chi connectivity index (χ0) is 21.0. The van der Waals surface area contributed by atoms with Gasteiger partial charge in [-0.1, -0.05) is 72.6 Å². The molecule has 1 aliphatic heterocycles. The molecule has 4 nitrogen and oxygen atoms in total. The molecule has 0 spiro atoms. The lowest BCUT2D eigenvalue weighted by Crippen LogP contribution is -2.32. The highest BCUT2D eigenvalue weighted by atomic mass is 16.6. The topological polar surface area (TPSA) is 59.3 Å². The molecular weight excluding hydrogens is 350 g/mol. The van der Waals surface area contributed by atoms with Crippen LogP contribution < -0.4 is 0 Å². The molecule has 0 bridgehead atoms. The van der Waals surface area contributed by atoms with E-state index in [0.29, 0.717) is 24.5 Å². The second-order valence-corrected chi connectivity index (χ2v) is 9.26. The summed E-state index contributed by atoms with van der Waals surface area (Å²) in [6.45, 7) is 10.7. The predicted octanol–water partition coefficient (Wildman–Crippen LogP) is 6.90. The van der Waals surface area contributed by atoms with Crippen molar-refractivity contribution < 1.29 is 14.3 Å². The van der Waals surface area contributed by atoms with Crippen molar-refractivity contribution >= 4 is 5.97 Å². The first-order chi connectivity index (χ1) is 13.3. The molecule has 0 aromatic rings. The molecule has 4 heteroatoms. The lowest BCUT2D eigenvalue weighted by Gasteiger charge is -2.30. The molecule has 1 heterocycles. The van der Waals surface area contributed by atoms with Crippen molar-refractivity contribution in [2.45, 2.75) is 111 Å². The van der Waals surface area contributed by atoms with E-state index in [0.717, 1.165) is 31.1 Å². The van der Waals surface area contributed by atoms with Crippen LogP contribution in [0.5, 0.6) is 0 Å². The second-order valence-electron chi connectivity index (χ2n) is 9.26. The van der Waals surface area contributed by atoms with Gasteiger partial charge in [-0.15, -0.1) is 0 Å². The minimum atomic E-state index is -0.756. The zero-order valence-electron chi connectivity index (χ0n) is 18.8. The van der Waals surface area contributed by atoms with Gasteiger partial charge in [-0.2, -0.15) is 5.26 Å². The van der Waals surface area contributed by atoms with Gasteiger partial charge in [0.2, 0.25) is 0 Å². The summed E-state index contributed by atoms with van der Waals surface area (Å²) >= 11 is 0. The SMILES string of the molecule is CC(=O)OC1=COC(C#N)(CCCC(C)CCCC(C)CCCC(C)C)CC1. The van der Waals surface area contributed by atoms with Gasteiger partial charge < -0.3 is 9.47 Å². The summed E-state index contributed by atoms with van der Waals surface area (Å²) in [6, 6.07) is 2.34. The Hall–Kier alpha value is -1.50. The maximum absolute atomic E-state index is 11.0. The third-order valence-corrected chi connectivity index (χ3v) is 5.82. The quantitative estimate of drug-likeness (QED) is 0.320. The number of hydrogen-bond acceptors (Lipinski definition) is 4. The summed E-state index contributed by atoms with van der Waals surface area (Å²) < 4.78 is 10.7. The van der Waals surface area contributed by atoms with Gasteiger partial charge in [0, 0.05) is 26.2 Å². The van der Waals surface area contributed by atoms with Crippen molar-refractivity contribution in [1.82, 2.24) is 0 Å². The van der Waals surface area contributed by atoms with Crippen molar-refractivity contribution in [3.63, 3.8) is 0 Å². The van der Waals surface area contributed by atoms with Crippen molar-refractivity contribution in [1.29, 1.82) is 5.26 Å². The lowest BCUT2D eigenvalue weighted by molar-refractivity contribution is -0.138. The van der Waals surface area contributed by atoms with Gasteiger partial charge in [-0.25, -0.2) is 0 Å². The molecule has 0 radical (unpaired) electrons. The minimum Gasteiger partial charge on any atom is -0.476 e. The smallest absolute Gasteiger partial charge is 0.307 e. The molecule has 0 aromatic heterocycles. The molecule has 1 rings (SSSR count). The highest BCUT2D eigenvalue weighted by Crippen LogP contribution is 2.32. The molecule has 0 saturated carbocycles. The van der Waals surface area contributed by atoms with E-state index in [1.165, 1.54) is 51.7 Å². The molecule has 28 heavy (non-hydrogen) atoms. The normalized spacial score (nSPS) is 21.4. The van der Waals surface area contributed by atoms with Gasteiger partial charge in [0.15, 0.2) is 5.60 Å². The van der Waals surface area contributed by atoms with Crippen LogP contribution in [-0.4, -0.2) is 11.6 Å². The van der Waals surface area contributed by atoms with Crippen molar-refractivity contribution in [3.05, 3.63) is 12.0 Å². The zero-order valence-corrected chi connectivity index (χ0v) is 18.8. The number of carbonyl (C=O) groups is 1. The number of rotatable bonds is 13. The molecule has 3 atom stereocenters.